The Bertz CT molecular complexity index is 1150. The summed E-state index contributed by atoms with van der Waals surface area (Å²) in [6, 6.07) is 16.6. The molecular weight excluding hydrogens is 420 g/mol. The van der Waals surface area contributed by atoms with Crippen molar-refractivity contribution < 1.29 is 9.21 Å². The molecule has 6 nitrogen and oxygen atoms in total. The molecule has 4 aromatic rings. The second-order valence-electron chi connectivity index (χ2n) is 6.30. The number of nitrogens with zero attached hydrogens (tertiary/aromatic N) is 3. The van der Waals surface area contributed by atoms with E-state index in [2.05, 4.69) is 20.3 Å². The molecule has 150 valence electrons. The largest absolute Gasteiger partial charge is 0.441 e. The summed E-state index contributed by atoms with van der Waals surface area (Å²) in [5, 5.41) is 5.07. The monoisotopic (exact) mass is 436 g/mol. The van der Waals surface area contributed by atoms with Gasteiger partial charge in [0.05, 0.1) is 11.2 Å². The third-order valence-electron chi connectivity index (χ3n) is 4.12. The summed E-state index contributed by atoms with van der Waals surface area (Å²) in [6.07, 6.45) is 5.64. The van der Waals surface area contributed by atoms with Crippen molar-refractivity contribution >= 4 is 35.0 Å². The van der Waals surface area contributed by atoms with Gasteiger partial charge in [0.1, 0.15) is 10.1 Å². The van der Waals surface area contributed by atoms with Crippen molar-refractivity contribution in [2.75, 3.05) is 5.32 Å². The first kappa shape index (κ1) is 20.1. The van der Waals surface area contributed by atoms with Crippen LogP contribution in [0.25, 0.3) is 11.3 Å². The number of rotatable bonds is 7. The molecule has 0 atom stereocenters. The lowest BCUT2D eigenvalue weighted by Crippen LogP contribution is -2.12. The predicted molar refractivity (Wildman–Crippen MR) is 116 cm³/mol. The Morgan fingerprint density at radius 1 is 1.00 bits per heavy atom. The lowest BCUT2D eigenvalue weighted by molar-refractivity contribution is -0.116. The van der Waals surface area contributed by atoms with E-state index in [4.69, 9.17) is 16.0 Å². The molecule has 8 heteroatoms. The fraction of sp³-hybridized carbons (Fsp3) is 0.0909. The van der Waals surface area contributed by atoms with Crippen molar-refractivity contribution in [3.63, 3.8) is 0 Å². The highest BCUT2D eigenvalue weighted by atomic mass is 35.5. The third-order valence-corrected chi connectivity index (χ3v) is 5.34. The highest BCUT2D eigenvalue weighted by Crippen LogP contribution is 2.28. The number of anilines is 1. The molecule has 0 spiro atoms. The fourth-order valence-corrected chi connectivity index (χ4v) is 3.72. The van der Waals surface area contributed by atoms with Crippen LogP contribution in [0.3, 0.4) is 0 Å². The number of aryl methyl sites for hydroxylation is 1. The molecule has 3 aromatic heterocycles. The second-order valence-corrected chi connectivity index (χ2v) is 7.75. The fourth-order valence-electron chi connectivity index (χ4n) is 2.71. The molecule has 0 fully saturated rings. The van der Waals surface area contributed by atoms with Gasteiger partial charge in [0.15, 0.2) is 11.7 Å². The van der Waals surface area contributed by atoms with Crippen molar-refractivity contribution in [1.82, 2.24) is 15.0 Å². The van der Waals surface area contributed by atoms with Crippen molar-refractivity contribution in [3.8, 4) is 11.3 Å². The van der Waals surface area contributed by atoms with E-state index in [0.717, 1.165) is 15.6 Å². The molecule has 1 N–H and O–H groups in total. The summed E-state index contributed by atoms with van der Waals surface area (Å²) < 4.78 is 5.74. The molecule has 1 aromatic carbocycles. The summed E-state index contributed by atoms with van der Waals surface area (Å²) >= 11 is 7.62. The molecule has 0 saturated carbocycles. The highest BCUT2D eigenvalue weighted by Gasteiger charge is 2.11. The zero-order chi connectivity index (χ0) is 20.8. The van der Waals surface area contributed by atoms with Crippen LogP contribution >= 0.6 is 23.4 Å². The topological polar surface area (TPSA) is 80.9 Å². The minimum Gasteiger partial charge on any atom is -0.441 e. The SMILES string of the molecule is O=C(CCc1ncc(-c2ccccc2Cl)o1)Nc1ccnc(Sc2ccccn2)c1. The zero-order valence-corrected chi connectivity index (χ0v) is 17.4. The number of aromatic nitrogens is 3. The van der Waals surface area contributed by atoms with Gasteiger partial charge in [-0.3, -0.25) is 4.79 Å². The van der Waals surface area contributed by atoms with E-state index in [1.807, 2.05) is 42.5 Å². The first-order chi connectivity index (χ1) is 14.7. The summed E-state index contributed by atoms with van der Waals surface area (Å²) in [5.74, 6) is 0.940. The lowest BCUT2D eigenvalue weighted by atomic mass is 10.2. The van der Waals surface area contributed by atoms with E-state index < -0.39 is 0 Å². The third kappa shape index (κ3) is 5.25. The highest BCUT2D eigenvalue weighted by molar-refractivity contribution is 7.99. The lowest BCUT2D eigenvalue weighted by Gasteiger charge is -2.06. The van der Waals surface area contributed by atoms with Gasteiger partial charge in [-0.25, -0.2) is 15.0 Å². The van der Waals surface area contributed by atoms with Crippen LogP contribution in [0.2, 0.25) is 5.02 Å². The molecule has 0 aliphatic carbocycles. The number of nitrogens with one attached hydrogen (secondary N) is 1. The molecule has 4 rings (SSSR count). The van der Waals surface area contributed by atoms with Crippen molar-refractivity contribution in [2.45, 2.75) is 22.9 Å². The standard InChI is InChI=1S/C22H17ClN4O2S/c23-17-6-2-1-5-16(17)18-14-26-20(29-18)9-8-19(28)27-15-10-12-25-22(13-15)30-21-7-3-4-11-24-21/h1-7,10-14H,8-9H2,(H,25,27,28). The van der Waals surface area contributed by atoms with Crippen LogP contribution in [-0.2, 0) is 11.2 Å². The molecule has 0 unspecified atom stereocenters. The molecule has 0 saturated heterocycles. The van der Waals surface area contributed by atoms with E-state index in [0.29, 0.717) is 28.8 Å². The normalized spacial score (nSPS) is 10.7. The van der Waals surface area contributed by atoms with Gasteiger partial charge in [0.25, 0.3) is 0 Å². The van der Waals surface area contributed by atoms with E-state index in [1.165, 1.54) is 11.8 Å². The number of amides is 1. The van der Waals surface area contributed by atoms with Crippen LogP contribution in [0, 0.1) is 0 Å². The molecule has 0 aliphatic rings. The van der Waals surface area contributed by atoms with Gasteiger partial charge < -0.3 is 9.73 Å². The number of halogens is 1. The van der Waals surface area contributed by atoms with Gasteiger partial charge in [0, 0.05) is 36.5 Å². The average Bonchev–Trinajstić information content (AvgIpc) is 3.22. The number of pyridine rings is 2. The second kappa shape index (κ2) is 9.56. The van der Waals surface area contributed by atoms with Crippen LogP contribution in [0.4, 0.5) is 5.69 Å². The zero-order valence-electron chi connectivity index (χ0n) is 15.8. The summed E-state index contributed by atoms with van der Waals surface area (Å²) in [4.78, 5) is 25.2. The maximum absolute atomic E-state index is 12.3. The Morgan fingerprint density at radius 2 is 1.83 bits per heavy atom. The molecular formula is C22H17ClN4O2S. The Kier molecular flexibility index (Phi) is 6.41. The van der Waals surface area contributed by atoms with Crippen LogP contribution in [0.15, 0.2) is 87.7 Å². The number of benzene rings is 1. The first-order valence-electron chi connectivity index (χ1n) is 9.22. The number of carbonyl (C=O) groups is 1. The van der Waals surface area contributed by atoms with Crippen LogP contribution in [0.1, 0.15) is 12.3 Å². The van der Waals surface area contributed by atoms with Gasteiger partial charge in [-0.15, -0.1) is 0 Å². The average molecular weight is 437 g/mol. The Morgan fingerprint density at radius 3 is 2.67 bits per heavy atom. The molecule has 0 bridgehead atoms. The van der Waals surface area contributed by atoms with Crippen molar-refractivity contribution in [3.05, 3.63) is 84.1 Å². The van der Waals surface area contributed by atoms with Gasteiger partial charge in [0.2, 0.25) is 5.91 Å². The molecule has 0 aliphatic heterocycles. The quantitative estimate of drug-likeness (QED) is 0.411. The summed E-state index contributed by atoms with van der Waals surface area (Å²) in [5.41, 5.74) is 1.45. The van der Waals surface area contributed by atoms with Crippen LogP contribution < -0.4 is 5.32 Å². The maximum atomic E-state index is 12.3. The van der Waals surface area contributed by atoms with Crippen molar-refractivity contribution in [1.29, 1.82) is 0 Å². The smallest absolute Gasteiger partial charge is 0.224 e. The summed E-state index contributed by atoms with van der Waals surface area (Å²) in [7, 11) is 0. The van der Waals surface area contributed by atoms with Gasteiger partial charge in [-0.1, -0.05) is 41.6 Å². The predicted octanol–water partition coefficient (Wildman–Crippen LogP) is 5.51. The molecule has 0 radical (unpaired) electrons. The Hall–Kier alpha value is -3.16. The number of hydrogen-bond acceptors (Lipinski definition) is 6. The molecule has 1 amide bonds. The van der Waals surface area contributed by atoms with E-state index in [9.17, 15) is 4.79 Å². The number of oxazole rings is 1. The van der Waals surface area contributed by atoms with E-state index in [-0.39, 0.29) is 12.3 Å². The van der Waals surface area contributed by atoms with Crippen molar-refractivity contribution in [2.24, 2.45) is 0 Å². The maximum Gasteiger partial charge on any atom is 0.224 e. The number of carbonyl (C=O) groups excluding carboxylic acids is 1. The summed E-state index contributed by atoms with van der Waals surface area (Å²) in [6.45, 7) is 0. The van der Waals surface area contributed by atoms with E-state index in [1.54, 1.807) is 30.7 Å². The van der Waals surface area contributed by atoms with Gasteiger partial charge in [-0.2, -0.15) is 0 Å². The minimum atomic E-state index is -0.132. The minimum absolute atomic E-state index is 0.132. The Balaban J connectivity index is 1.33. The van der Waals surface area contributed by atoms with Gasteiger partial charge in [-0.05, 0) is 36.4 Å². The number of hydrogen-bond donors (Lipinski definition) is 1. The first-order valence-corrected chi connectivity index (χ1v) is 10.4. The Labute approximate surface area is 182 Å². The van der Waals surface area contributed by atoms with Crippen LogP contribution in [-0.4, -0.2) is 20.9 Å². The van der Waals surface area contributed by atoms with E-state index >= 15 is 0 Å². The molecule has 30 heavy (non-hydrogen) atoms. The van der Waals surface area contributed by atoms with Crippen LogP contribution in [0.5, 0.6) is 0 Å². The van der Waals surface area contributed by atoms with Gasteiger partial charge >= 0.3 is 0 Å². The molecule has 3 heterocycles.